The Labute approximate surface area is 83.1 Å². The van der Waals surface area contributed by atoms with Crippen LogP contribution in [0.2, 0.25) is 0 Å². The largest absolute Gasteiger partial charge is 0.492 e. The number of benzene rings is 1. The van der Waals surface area contributed by atoms with E-state index in [0.717, 1.165) is 23.3 Å². The zero-order chi connectivity index (χ0) is 10.1. The van der Waals surface area contributed by atoms with Crippen molar-refractivity contribution < 1.29 is 4.74 Å². The van der Waals surface area contributed by atoms with Gasteiger partial charge in [0, 0.05) is 12.5 Å². The summed E-state index contributed by atoms with van der Waals surface area (Å²) in [5.74, 6) is 0.747. The Balaban J connectivity index is 2.56. The van der Waals surface area contributed by atoms with E-state index in [9.17, 15) is 0 Å². The number of nitriles is 1. The predicted molar refractivity (Wildman–Crippen MR) is 53.0 cm³/mol. The molecule has 3 nitrogen and oxygen atoms in total. The fraction of sp³-hybridized carbons (Fsp3) is 0.364. The molecule has 1 aliphatic heterocycles. The lowest BCUT2D eigenvalue weighted by molar-refractivity contribution is 0.356. The molecule has 0 saturated carbocycles. The van der Waals surface area contributed by atoms with Crippen LogP contribution in [0.3, 0.4) is 0 Å². The highest BCUT2D eigenvalue weighted by Crippen LogP contribution is 2.31. The van der Waals surface area contributed by atoms with E-state index >= 15 is 0 Å². The van der Waals surface area contributed by atoms with Crippen LogP contribution < -0.4 is 10.5 Å². The molecule has 0 amide bonds. The molecule has 14 heavy (non-hydrogen) atoms. The molecule has 3 heteroatoms. The van der Waals surface area contributed by atoms with Gasteiger partial charge in [-0.3, -0.25) is 0 Å². The van der Waals surface area contributed by atoms with Gasteiger partial charge in [-0.05, 0) is 24.1 Å². The molecule has 0 bridgehead atoms. The number of nitrogens with two attached hydrogens (primary N) is 1. The van der Waals surface area contributed by atoms with Gasteiger partial charge in [-0.2, -0.15) is 5.26 Å². The molecular weight excluding hydrogens is 176 g/mol. The highest BCUT2D eigenvalue weighted by molar-refractivity contribution is 5.53. The third kappa shape index (κ3) is 1.34. The second-order valence-electron chi connectivity index (χ2n) is 3.56. The fourth-order valence-electron chi connectivity index (χ4n) is 1.68. The van der Waals surface area contributed by atoms with Crippen LogP contribution >= 0.6 is 0 Å². The highest BCUT2D eigenvalue weighted by Gasteiger charge is 2.18. The third-order valence-electron chi connectivity index (χ3n) is 2.45. The molecule has 72 valence electrons. The Morgan fingerprint density at radius 1 is 1.57 bits per heavy atom. The van der Waals surface area contributed by atoms with Crippen LogP contribution in [0.25, 0.3) is 0 Å². The van der Waals surface area contributed by atoms with Gasteiger partial charge < -0.3 is 10.5 Å². The maximum Gasteiger partial charge on any atom is 0.140 e. The summed E-state index contributed by atoms with van der Waals surface area (Å²) in [7, 11) is 0. The van der Waals surface area contributed by atoms with E-state index in [1.165, 1.54) is 0 Å². The molecule has 1 aromatic rings. The second-order valence-corrected chi connectivity index (χ2v) is 3.56. The Morgan fingerprint density at radius 3 is 3.00 bits per heavy atom. The van der Waals surface area contributed by atoms with Crippen molar-refractivity contribution in [2.24, 2.45) is 5.73 Å². The second kappa shape index (κ2) is 3.32. The van der Waals surface area contributed by atoms with Gasteiger partial charge >= 0.3 is 0 Å². The van der Waals surface area contributed by atoms with Gasteiger partial charge in [-0.1, -0.05) is 6.07 Å². The summed E-state index contributed by atoms with van der Waals surface area (Å²) in [4.78, 5) is 0. The first-order chi connectivity index (χ1) is 6.72. The lowest BCUT2D eigenvalue weighted by Crippen LogP contribution is -2.05. The predicted octanol–water partition coefficient (Wildman–Crippen LogP) is 1.51. The maximum absolute atomic E-state index is 8.94. The van der Waals surface area contributed by atoms with Gasteiger partial charge in [-0.15, -0.1) is 0 Å². The van der Waals surface area contributed by atoms with Crippen molar-refractivity contribution in [3.05, 3.63) is 28.8 Å². The molecule has 2 rings (SSSR count). The number of rotatable bonds is 1. The van der Waals surface area contributed by atoms with Crippen molar-refractivity contribution in [2.75, 3.05) is 6.61 Å². The van der Waals surface area contributed by atoms with E-state index in [1.54, 1.807) is 0 Å². The minimum Gasteiger partial charge on any atom is -0.492 e. The Bertz CT molecular complexity index is 404. The molecule has 1 atom stereocenters. The van der Waals surface area contributed by atoms with Gasteiger partial charge in [0.15, 0.2) is 0 Å². The lowest BCUT2D eigenvalue weighted by Gasteiger charge is -2.08. The molecule has 0 saturated heterocycles. The Kier molecular flexibility index (Phi) is 2.14. The van der Waals surface area contributed by atoms with Crippen molar-refractivity contribution in [2.45, 2.75) is 19.4 Å². The van der Waals surface area contributed by atoms with Crippen molar-refractivity contribution in [1.29, 1.82) is 5.26 Å². The Hall–Kier alpha value is -1.53. The van der Waals surface area contributed by atoms with Crippen molar-refractivity contribution >= 4 is 0 Å². The maximum atomic E-state index is 8.94. The number of fused-ring (bicyclic) bond motifs is 1. The smallest absolute Gasteiger partial charge is 0.140 e. The first kappa shape index (κ1) is 9.04. The normalized spacial score (nSPS) is 15.5. The summed E-state index contributed by atoms with van der Waals surface area (Å²) in [5.41, 5.74) is 8.50. The minimum atomic E-state index is -0.0343. The Morgan fingerprint density at radius 2 is 2.36 bits per heavy atom. The number of hydrogen-bond acceptors (Lipinski definition) is 3. The SMILES string of the molecule is C[C@@H](N)c1cc(C#N)c2c(c1)CCO2. The van der Waals surface area contributed by atoms with E-state index in [2.05, 4.69) is 6.07 Å². The van der Waals surface area contributed by atoms with Crippen LogP contribution in [-0.2, 0) is 6.42 Å². The summed E-state index contributed by atoms with van der Waals surface area (Å²) in [5, 5.41) is 8.94. The summed E-state index contributed by atoms with van der Waals surface area (Å²) in [6.45, 7) is 2.59. The van der Waals surface area contributed by atoms with E-state index in [4.69, 9.17) is 15.7 Å². The summed E-state index contributed by atoms with van der Waals surface area (Å²) >= 11 is 0. The van der Waals surface area contributed by atoms with Crippen LogP contribution in [0.5, 0.6) is 5.75 Å². The van der Waals surface area contributed by atoms with Gasteiger partial charge in [0.25, 0.3) is 0 Å². The lowest BCUT2D eigenvalue weighted by atomic mass is 10.0. The first-order valence-electron chi connectivity index (χ1n) is 4.67. The summed E-state index contributed by atoms with van der Waals surface area (Å²) in [6.07, 6.45) is 0.880. The molecule has 0 radical (unpaired) electrons. The molecule has 0 fully saturated rings. The van der Waals surface area contributed by atoms with E-state index in [1.807, 2.05) is 19.1 Å². The van der Waals surface area contributed by atoms with E-state index in [-0.39, 0.29) is 6.04 Å². The van der Waals surface area contributed by atoms with Gasteiger partial charge in [0.1, 0.15) is 11.8 Å². The number of hydrogen-bond donors (Lipinski definition) is 1. The van der Waals surface area contributed by atoms with Crippen LogP contribution in [0.1, 0.15) is 29.7 Å². The molecule has 1 aliphatic rings. The molecule has 1 heterocycles. The zero-order valence-corrected chi connectivity index (χ0v) is 8.08. The molecule has 2 N–H and O–H groups in total. The average Bonchev–Trinajstić information content (AvgIpc) is 2.63. The minimum absolute atomic E-state index is 0.0343. The zero-order valence-electron chi connectivity index (χ0n) is 8.08. The van der Waals surface area contributed by atoms with Crippen molar-refractivity contribution in [1.82, 2.24) is 0 Å². The number of nitrogens with zero attached hydrogens (tertiary/aromatic N) is 1. The fourth-order valence-corrected chi connectivity index (χ4v) is 1.68. The molecule has 0 aromatic heterocycles. The molecule has 0 spiro atoms. The van der Waals surface area contributed by atoms with Crippen LogP contribution in [0, 0.1) is 11.3 Å². The van der Waals surface area contributed by atoms with Gasteiger partial charge in [-0.25, -0.2) is 0 Å². The molecular formula is C11H12N2O. The quantitative estimate of drug-likeness (QED) is 0.726. The average molecular weight is 188 g/mol. The topological polar surface area (TPSA) is 59.0 Å². The van der Waals surface area contributed by atoms with E-state index < -0.39 is 0 Å². The molecule has 0 aliphatic carbocycles. The number of ether oxygens (including phenoxy) is 1. The van der Waals surface area contributed by atoms with Crippen LogP contribution in [-0.4, -0.2) is 6.61 Å². The molecule has 1 aromatic carbocycles. The van der Waals surface area contributed by atoms with Crippen LogP contribution in [0.4, 0.5) is 0 Å². The van der Waals surface area contributed by atoms with Gasteiger partial charge in [0.2, 0.25) is 0 Å². The van der Waals surface area contributed by atoms with Crippen LogP contribution in [0.15, 0.2) is 12.1 Å². The first-order valence-corrected chi connectivity index (χ1v) is 4.67. The van der Waals surface area contributed by atoms with Gasteiger partial charge in [0.05, 0.1) is 12.2 Å². The molecule has 0 unspecified atom stereocenters. The third-order valence-corrected chi connectivity index (χ3v) is 2.45. The van der Waals surface area contributed by atoms with Crippen molar-refractivity contribution in [3.8, 4) is 11.8 Å². The van der Waals surface area contributed by atoms with Crippen molar-refractivity contribution in [3.63, 3.8) is 0 Å². The summed E-state index contributed by atoms with van der Waals surface area (Å²) in [6, 6.07) is 5.96. The highest BCUT2D eigenvalue weighted by atomic mass is 16.5. The van der Waals surface area contributed by atoms with E-state index in [0.29, 0.717) is 12.2 Å². The summed E-state index contributed by atoms with van der Waals surface area (Å²) < 4.78 is 5.39. The standard InChI is InChI=1S/C11H12N2O/c1-7(13)9-4-8-2-3-14-11(8)10(5-9)6-12/h4-5,7H,2-3,13H2,1H3/t7-/m1/s1. The monoisotopic (exact) mass is 188 g/mol.